The highest BCUT2D eigenvalue weighted by molar-refractivity contribution is 7.89. The van der Waals surface area contributed by atoms with Gasteiger partial charge in [0.2, 0.25) is 10.0 Å². The smallest absolute Gasteiger partial charge is 0.243 e. The minimum atomic E-state index is -3.92. The lowest BCUT2D eigenvalue weighted by Gasteiger charge is -2.31. The molecule has 1 aromatic rings. The summed E-state index contributed by atoms with van der Waals surface area (Å²) in [5.41, 5.74) is 5.69. The zero-order valence-corrected chi connectivity index (χ0v) is 14.8. The Morgan fingerprint density at radius 1 is 1.23 bits per heavy atom. The molecule has 2 unspecified atom stereocenters. The number of halogens is 4. The molecule has 0 bridgehead atoms. The van der Waals surface area contributed by atoms with Crippen molar-refractivity contribution in [2.75, 3.05) is 6.54 Å². The first-order valence-corrected chi connectivity index (χ1v) is 8.96. The van der Waals surface area contributed by atoms with Gasteiger partial charge in [0.1, 0.15) is 10.7 Å². The van der Waals surface area contributed by atoms with Gasteiger partial charge in [0.05, 0.1) is 10.0 Å². The highest BCUT2D eigenvalue weighted by atomic mass is 35.5. The van der Waals surface area contributed by atoms with Crippen molar-refractivity contribution in [3.05, 3.63) is 28.0 Å². The van der Waals surface area contributed by atoms with Crippen molar-refractivity contribution in [1.29, 1.82) is 0 Å². The summed E-state index contributed by atoms with van der Waals surface area (Å²) in [7, 11) is -3.92. The van der Waals surface area contributed by atoms with Gasteiger partial charge >= 0.3 is 0 Å². The number of benzene rings is 1. The molecule has 9 heteroatoms. The molecule has 4 nitrogen and oxygen atoms in total. The Hall–Kier alpha value is -0.110. The second kappa shape index (κ2) is 8.13. The number of rotatable bonds is 4. The predicted octanol–water partition coefficient (Wildman–Crippen LogP) is 3.35. The number of sulfonamides is 1. The van der Waals surface area contributed by atoms with Gasteiger partial charge in [0.15, 0.2) is 0 Å². The number of hydrogen-bond donors (Lipinski definition) is 2. The first kappa shape index (κ1) is 19.9. The molecule has 0 aliphatic heterocycles. The van der Waals surface area contributed by atoms with Gasteiger partial charge in [-0.1, -0.05) is 36.0 Å². The minimum absolute atomic E-state index is 0. The third-order valence-electron chi connectivity index (χ3n) is 3.75. The van der Waals surface area contributed by atoms with E-state index in [1.165, 1.54) is 0 Å². The van der Waals surface area contributed by atoms with Crippen LogP contribution in [0.3, 0.4) is 0 Å². The molecule has 0 heterocycles. The van der Waals surface area contributed by atoms with Crippen molar-refractivity contribution in [3.63, 3.8) is 0 Å². The van der Waals surface area contributed by atoms with Gasteiger partial charge in [-0.2, -0.15) is 0 Å². The topological polar surface area (TPSA) is 72.2 Å². The Balaban J connectivity index is 0.00000242. The number of nitrogens with one attached hydrogen (secondary N) is 1. The van der Waals surface area contributed by atoms with E-state index < -0.39 is 15.8 Å². The molecule has 22 heavy (non-hydrogen) atoms. The van der Waals surface area contributed by atoms with Crippen LogP contribution in [0.4, 0.5) is 4.39 Å². The molecule has 1 aromatic carbocycles. The fraction of sp³-hybridized carbons (Fsp3) is 0.538. The van der Waals surface area contributed by atoms with Gasteiger partial charge in [-0.25, -0.2) is 17.5 Å². The standard InChI is InChI=1S/C13H17Cl2FN2O2S.ClH/c14-10-5-9(16)6-11(15)13(10)21(19,20)18-12-4-2-1-3-8(12)7-17;/h5-6,8,12,18H,1-4,7,17H2;1H. The van der Waals surface area contributed by atoms with Gasteiger partial charge in [-0.3, -0.25) is 0 Å². The van der Waals surface area contributed by atoms with Gasteiger partial charge in [-0.15, -0.1) is 12.4 Å². The van der Waals surface area contributed by atoms with Crippen LogP contribution in [0.15, 0.2) is 17.0 Å². The molecule has 2 atom stereocenters. The van der Waals surface area contributed by atoms with Crippen molar-refractivity contribution in [2.45, 2.75) is 36.6 Å². The SMILES string of the molecule is Cl.NCC1CCCCC1NS(=O)(=O)c1c(Cl)cc(F)cc1Cl. The van der Waals surface area contributed by atoms with Gasteiger partial charge in [0, 0.05) is 6.04 Å². The fourth-order valence-corrected chi connectivity index (χ4v) is 5.22. The molecule has 0 radical (unpaired) electrons. The highest BCUT2D eigenvalue weighted by Gasteiger charge is 2.31. The van der Waals surface area contributed by atoms with E-state index in [9.17, 15) is 12.8 Å². The normalized spacial score (nSPS) is 22.2. The molecule has 2 rings (SSSR count). The van der Waals surface area contributed by atoms with Crippen molar-refractivity contribution in [3.8, 4) is 0 Å². The third kappa shape index (κ3) is 4.46. The van der Waals surface area contributed by atoms with Crippen LogP contribution in [-0.2, 0) is 10.0 Å². The van der Waals surface area contributed by atoms with E-state index in [1.54, 1.807) is 0 Å². The first-order valence-electron chi connectivity index (χ1n) is 6.72. The highest BCUT2D eigenvalue weighted by Crippen LogP contribution is 2.32. The second-order valence-corrected chi connectivity index (χ2v) is 7.67. The minimum Gasteiger partial charge on any atom is -0.330 e. The third-order valence-corrected chi connectivity index (χ3v) is 6.16. The molecule has 3 N–H and O–H groups in total. The van der Waals surface area contributed by atoms with E-state index in [1.807, 2.05) is 0 Å². The van der Waals surface area contributed by atoms with Crippen molar-refractivity contribution in [1.82, 2.24) is 4.72 Å². The van der Waals surface area contributed by atoms with Crippen LogP contribution in [0.2, 0.25) is 10.0 Å². The lowest BCUT2D eigenvalue weighted by molar-refractivity contribution is 0.296. The maximum absolute atomic E-state index is 13.2. The summed E-state index contributed by atoms with van der Waals surface area (Å²) < 4.78 is 40.7. The van der Waals surface area contributed by atoms with Crippen LogP contribution in [0.1, 0.15) is 25.7 Å². The summed E-state index contributed by atoms with van der Waals surface area (Å²) in [6.45, 7) is 0.415. The van der Waals surface area contributed by atoms with Crippen molar-refractivity contribution in [2.24, 2.45) is 11.7 Å². The monoisotopic (exact) mass is 390 g/mol. The summed E-state index contributed by atoms with van der Waals surface area (Å²) in [4.78, 5) is -0.284. The van der Waals surface area contributed by atoms with Gasteiger partial charge < -0.3 is 5.73 Å². The van der Waals surface area contributed by atoms with E-state index in [-0.39, 0.29) is 39.3 Å². The van der Waals surface area contributed by atoms with Crippen LogP contribution in [0.5, 0.6) is 0 Å². The Morgan fingerprint density at radius 3 is 2.32 bits per heavy atom. The van der Waals surface area contributed by atoms with E-state index >= 15 is 0 Å². The molecular weight excluding hydrogens is 374 g/mol. The van der Waals surface area contributed by atoms with Crippen LogP contribution in [0.25, 0.3) is 0 Å². The molecule has 126 valence electrons. The molecule has 1 saturated carbocycles. The maximum atomic E-state index is 13.2. The Kier molecular flexibility index (Phi) is 7.36. The summed E-state index contributed by atoms with van der Waals surface area (Å²) in [6.07, 6.45) is 3.58. The Bertz CT molecular complexity index is 605. The summed E-state index contributed by atoms with van der Waals surface area (Å²) in [5.74, 6) is -0.590. The van der Waals surface area contributed by atoms with Crippen molar-refractivity contribution >= 4 is 45.6 Å². The van der Waals surface area contributed by atoms with Crippen molar-refractivity contribution < 1.29 is 12.8 Å². The first-order chi connectivity index (χ1) is 9.85. The Labute approximate surface area is 146 Å². The average Bonchev–Trinajstić information content (AvgIpc) is 2.37. The lowest BCUT2D eigenvalue weighted by atomic mass is 9.85. The van der Waals surface area contributed by atoms with E-state index in [0.717, 1.165) is 37.8 Å². The molecule has 0 saturated heterocycles. The summed E-state index contributed by atoms with van der Waals surface area (Å²) >= 11 is 11.7. The Morgan fingerprint density at radius 2 is 1.77 bits per heavy atom. The van der Waals surface area contributed by atoms with Gasteiger partial charge in [0.25, 0.3) is 0 Å². The van der Waals surface area contributed by atoms with Crippen LogP contribution in [-0.4, -0.2) is 21.0 Å². The molecular formula is C13H18Cl3FN2O2S. The van der Waals surface area contributed by atoms with E-state index in [4.69, 9.17) is 28.9 Å². The molecule has 1 aliphatic carbocycles. The second-order valence-electron chi connectivity index (χ2n) is 5.21. The quantitative estimate of drug-likeness (QED) is 0.826. The summed E-state index contributed by atoms with van der Waals surface area (Å²) in [5, 5.41) is -0.458. The number of hydrogen-bond acceptors (Lipinski definition) is 3. The lowest BCUT2D eigenvalue weighted by Crippen LogP contribution is -2.44. The van der Waals surface area contributed by atoms with Crippen LogP contribution >= 0.6 is 35.6 Å². The van der Waals surface area contributed by atoms with Crippen LogP contribution in [0, 0.1) is 11.7 Å². The zero-order chi connectivity index (χ0) is 15.6. The molecule has 1 aliphatic rings. The number of nitrogens with two attached hydrogens (primary N) is 1. The molecule has 0 amide bonds. The molecule has 1 fully saturated rings. The largest absolute Gasteiger partial charge is 0.330 e. The molecule has 0 spiro atoms. The summed E-state index contributed by atoms with van der Waals surface area (Å²) in [6, 6.07) is 1.62. The predicted molar refractivity (Wildman–Crippen MR) is 88.8 cm³/mol. The average molecular weight is 392 g/mol. The maximum Gasteiger partial charge on any atom is 0.243 e. The van der Waals surface area contributed by atoms with E-state index in [2.05, 4.69) is 4.72 Å². The van der Waals surface area contributed by atoms with Gasteiger partial charge in [-0.05, 0) is 37.4 Å². The van der Waals surface area contributed by atoms with E-state index in [0.29, 0.717) is 6.54 Å². The molecule has 0 aromatic heterocycles. The van der Waals surface area contributed by atoms with Crippen LogP contribution < -0.4 is 10.5 Å². The zero-order valence-electron chi connectivity index (χ0n) is 11.7. The fourth-order valence-electron chi connectivity index (χ4n) is 2.69.